The molecule has 7 rings (SSSR count). The zero-order valence-corrected chi connectivity index (χ0v) is 43.0. The summed E-state index contributed by atoms with van der Waals surface area (Å²) in [5, 5.41) is 23.5. The molecule has 0 spiro atoms. The van der Waals surface area contributed by atoms with E-state index in [1.165, 1.54) is 48.7 Å². The maximum absolute atomic E-state index is 11.7. The number of aryl methyl sites for hydroxylation is 2. The molecule has 10 nitrogen and oxygen atoms in total. The Hall–Kier alpha value is -3.57. The van der Waals surface area contributed by atoms with Crippen LogP contribution in [0.1, 0.15) is 139 Å². The summed E-state index contributed by atoms with van der Waals surface area (Å²) >= 11 is 0. The Kier molecular flexibility index (Phi) is 20.3. The molecule has 2 saturated heterocycles. The van der Waals surface area contributed by atoms with Crippen molar-refractivity contribution in [2.75, 3.05) is 79.5 Å². The maximum atomic E-state index is 11.7. The molecule has 2 aromatic rings. The first-order valence-electron chi connectivity index (χ1n) is 23.6. The van der Waals surface area contributed by atoms with Crippen LogP contribution < -0.4 is 0 Å². The Balaban J connectivity index is 0.00000272. The van der Waals surface area contributed by atoms with Gasteiger partial charge in [0.2, 0.25) is 0 Å². The van der Waals surface area contributed by atoms with E-state index in [1.807, 2.05) is 12.4 Å². The first-order chi connectivity index (χ1) is 28.7. The van der Waals surface area contributed by atoms with Crippen molar-refractivity contribution in [1.29, 1.82) is 0 Å². The van der Waals surface area contributed by atoms with Crippen molar-refractivity contribution < 1.29 is 36.1 Å². The van der Waals surface area contributed by atoms with Gasteiger partial charge in [0.25, 0.3) is 0 Å². The van der Waals surface area contributed by atoms with Crippen LogP contribution in [0.2, 0.25) is 0 Å². The third kappa shape index (κ3) is 13.1. The Morgan fingerprint density at radius 1 is 0.578 bits per heavy atom. The van der Waals surface area contributed by atoms with Gasteiger partial charge in [-0.2, -0.15) is 0 Å². The smallest absolute Gasteiger partial charge is 0.350 e. The number of benzene rings is 2. The predicted octanol–water partition coefficient (Wildman–Crippen LogP) is 8.57. The summed E-state index contributed by atoms with van der Waals surface area (Å²) in [7, 11) is 4.46. The van der Waals surface area contributed by atoms with Crippen LogP contribution in [0.15, 0.2) is 34.3 Å². The van der Waals surface area contributed by atoms with Gasteiger partial charge in [-0.25, -0.2) is 0 Å². The predicted molar refractivity (Wildman–Crippen MR) is 268 cm³/mol. The number of nitrogens with zero attached hydrogens (tertiary/aromatic N) is 8. The zero-order valence-electron chi connectivity index (χ0n) is 42.0. The van der Waals surface area contributed by atoms with E-state index in [2.05, 4.69) is 109 Å². The molecule has 2 atom stereocenters. The fourth-order valence-corrected chi connectivity index (χ4v) is 10.3. The number of guanidine groups is 2. The second-order valence-corrected chi connectivity index (χ2v) is 20.6. The third-order valence-electron chi connectivity index (χ3n) is 13.8. The summed E-state index contributed by atoms with van der Waals surface area (Å²) < 4.78 is 4.86. The molecule has 1 saturated carbocycles. The van der Waals surface area contributed by atoms with E-state index in [0.717, 1.165) is 139 Å². The molecule has 64 heavy (non-hydrogen) atoms. The van der Waals surface area contributed by atoms with Gasteiger partial charge >= 0.3 is 11.9 Å². The van der Waals surface area contributed by atoms with Crippen LogP contribution in [0.5, 0.6) is 11.5 Å². The molecular formula is C53H87CoN8O2-. The number of hydrogen-bond acceptors (Lipinski definition) is 8. The van der Waals surface area contributed by atoms with Crippen LogP contribution in [-0.2, 0) is 40.5 Å². The van der Waals surface area contributed by atoms with Gasteiger partial charge in [0, 0.05) is 66.0 Å². The number of hydrogen-bond donors (Lipinski definition) is 2. The van der Waals surface area contributed by atoms with Crippen molar-refractivity contribution in [3.8, 4) is 11.5 Å². The summed E-state index contributed by atoms with van der Waals surface area (Å²) in [6.07, 6.45) is 16.5. The van der Waals surface area contributed by atoms with Gasteiger partial charge in [0.05, 0.1) is 91.6 Å². The Bertz CT molecular complexity index is 1820. The van der Waals surface area contributed by atoms with Crippen molar-refractivity contribution in [2.45, 2.75) is 142 Å². The molecule has 4 heterocycles. The van der Waals surface area contributed by atoms with Gasteiger partial charge in [-0.05, 0) is 83.7 Å². The molecule has 2 N–H and O–H groups in total. The first kappa shape index (κ1) is 54.8. The van der Waals surface area contributed by atoms with Gasteiger partial charge in [0.15, 0.2) is 0 Å². The summed E-state index contributed by atoms with van der Waals surface area (Å²) in [6.45, 7) is 24.6. The summed E-state index contributed by atoms with van der Waals surface area (Å²) in [5.74, 6) is 3.51. The molecule has 0 bridgehead atoms. The van der Waals surface area contributed by atoms with Crippen LogP contribution in [0.25, 0.3) is 0 Å². The van der Waals surface area contributed by atoms with Crippen LogP contribution in [-0.4, -0.2) is 155 Å². The Labute approximate surface area is 400 Å². The molecule has 2 aromatic carbocycles. The molecule has 4 aliphatic heterocycles. The van der Waals surface area contributed by atoms with Crippen molar-refractivity contribution in [1.82, 2.24) is 19.6 Å². The fraction of sp³-hybridized carbons (Fsp3) is 0.642. The summed E-state index contributed by atoms with van der Waals surface area (Å²) in [5.41, 5.74) is 5.98. The second kappa shape index (κ2) is 23.7. The van der Waals surface area contributed by atoms with Gasteiger partial charge in [-0.1, -0.05) is 66.5 Å². The molecule has 5 aliphatic rings. The normalized spacial score (nSPS) is 20.7. The van der Waals surface area contributed by atoms with E-state index in [0.29, 0.717) is 11.5 Å². The van der Waals surface area contributed by atoms with E-state index in [4.69, 9.17) is 9.98 Å². The summed E-state index contributed by atoms with van der Waals surface area (Å²) in [4.78, 5) is 20.6. The van der Waals surface area contributed by atoms with Crippen LogP contribution in [0, 0.1) is 22.3 Å². The van der Waals surface area contributed by atoms with Gasteiger partial charge in [-0.15, -0.1) is 0 Å². The second-order valence-electron chi connectivity index (χ2n) is 20.6. The average molecular weight is 927 g/mol. The third-order valence-corrected chi connectivity index (χ3v) is 13.8. The molecule has 3 fully saturated rings. The van der Waals surface area contributed by atoms with Crippen LogP contribution >= 0.6 is 0 Å². The Morgan fingerprint density at radius 2 is 0.953 bits per heavy atom. The minimum atomic E-state index is -0.0565. The van der Waals surface area contributed by atoms with E-state index >= 15 is 0 Å². The SMILES string of the molecule is C[N+]1=C2N(CCCc3cc(C(C)(C)C)cc(C=NC4CCCCC4N=Cc4cc(C(C)(C)C)cc(CCCN5CCCN6CCC[N+](C)=C56)c4O)c3O)CCCN2CCC1.[CH3-].[CH3-].[CH3-].[Co]. The van der Waals surface area contributed by atoms with Crippen molar-refractivity contribution in [3.05, 3.63) is 79.9 Å². The molecule has 361 valence electrons. The van der Waals surface area contributed by atoms with Gasteiger partial charge < -0.3 is 32.5 Å². The fourth-order valence-electron chi connectivity index (χ4n) is 10.3. The van der Waals surface area contributed by atoms with Crippen molar-refractivity contribution in [2.24, 2.45) is 9.98 Å². The van der Waals surface area contributed by atoms with Gasteiger partial charge in [-0.3, -0.25) is 38.7 Å². The minimum Gasteiger partial charge on any atom is -0.507 e. The number of aliphatic imine (C=N–C) groups is 2. The quantitative estimate of drug-likeness (QED) is 0.126. The monoisotopic (exact) mass is 927 g/mol. The largest absolute Gasteiger partial charge is 0.507 e. The molecule has 11 heteroatoms. The molecule has 2 unspecified atom stereocenters. The number of aromatic hydroxyl groups is 2. The van der Waals surface area contributed by atoms with E-state index in [1.54, 1.807) is 0 Å². The zero-order chi connectivity index (χ0) is 42.6. The molecule has 0 aromatic heterocycles. The van der Waals surface area contributed by atoms with Crippen LogP contribution in [0.3, 0.4) is 0 Å². The van der Waals surface area contributed by atoms with Crippen molar-refractivity contribution >= 4 is 24.3 Å². The molecule has 1 radical (unpaired) electrons. The number of phenolic OH excluding ortho intramolecular Hbond substituents is 2. The van der Waals surface area contributed by atoms with E-state index in [-0.39, 0.29) is 62.0 Å². The van der Waals surface area contributed by atoms with E-state index < -0.39 is 0 Å². The van der Waals surface area contributed by atoms with Crippen LogP contribution in [0.4, 0.5) is 0 Å². The summed E-state index contributed by atoms with van der Waals surface area (Å²) in [6, 6.07) is 8.78. The van der Waals surface area contributed by atoms with Gasteiger partial charge in [0.1, 0.15) is 11.5 Å². The van der Waals surface area contributed by atoms with E-state index in [9.17, 15) is 10.2 Å². The minimum absolute atomic E-state index is 0. The molecular weight excluding hydrogens is 840 g/mol. The number of fused-ring (bicyclic) bond motifs is 2. The maximum Gasteiger partial charge on any atom is 0.350 e. The number of rotatable bonds is 12. The molecule has 1 aliphatic carbocycles. The van der Waals surface area contributed by atoms with Crippen molar-refractivity contribution in [3.63, 3.8) is 0 Å². The molecule has 0 amide bonds. The first-order valence-corrected chi connectivity index (χ1v) is 23.6. The average Bonchev–Trinajstić information content (AvgIpc) is 3.21. The topological polar surface area (TPSA) is 84.2 Å². The standard InChI is InChI=1S/C50H76N8O2.3CH3.Co/c1-49(2,3)41-31-37(17-11-23-55-27-15-29-57-25-13-21-53(7)47(55)57)45(59)39(33-41)35-51-43-19-9-10-20-44(43)52-36-40-34-42(50(4,5)6)32-38(46(40)60)18-12-24-56-28-16-30-58-26-14-22-54(8)48(56)58;;;;/h31-36,43-44H,9-30H2,1-8H3;3*1H3;/q;3*-1;/p+2. The number of phenols is 2. The Morgan fingerprint density at radius 3 is 1.33 bits per heavy atom.